The highest BCUT2D eigenvalue weighted by molar-refractivity contribution is 5.67. The Labute approximate surface area is 196 Å². The van der Waals surface area contributed by atoms with Crippen molar-refractivity contribution in [3.8, 4) is 22.9 Å². The van der Waals surface area contributed by atoms with E-state index in [4.69, 9.17) is 4.74 Å². The third-order valence-corrected chi connectivity index (χ3v) is 6.96. The van der Waals surface area contributed by atoms with Gasteiger partial charge in [-0.15, -0.1) is 0 Å². The number of rotatable bonds is 13. The second-order valence-corrected chi connectivity index (χ2v) is 9.53. The summed E-state index contributed by atoms with van der Waals surface area (Å²) in [6, 6.07) is 17.3. The molecular weight excluding hydrogens is 390 g/mol. The van der Waals surface area contributed by atoms with Crippen LogP contribution in [0, 0.1) is 17.2 Å². The second kappa shape index (κ2) is 14.0. The summed E-state index contributed by atoms with van der Waals surface area (Å²) < 4.78 is 5.93. The van der Waals surface area contributed by atoms with Crippen molar-refractivity contribution >= 4 is 0 Å². The summed E-state index contributed by atoms with van der Waals surface area (Å²) in [6.07, 6.45) is 18.5. The van der Waals surface area contributed by atoms with E-state index in [0.717, 1.165) is 17.9 Å². The van der Waals surface area contributed by atoms with Gasteiger partial charge in [-0.3, -0.25) is 0 Å². The predicted octanol–water partition coefficient (Wildman–Crippen LogP) is 8.87. The van der Waals surface area contributed by atoms with Crippen LogP contribution in [0.4, 0.5) is 0 Å². The van der Waals surface area contributed by atoms with Crippen molar-refractivity contribution < 1.29 is 4.74 Å². The Morgan fingerprint density at radius 3 is 2.25 bits per heavy atom. The molecule has 3 rings (SSSR count). The third-order valence-electron chi connectivity index (χ3n) is 6.96. The molecular formula is C30H41NO. The molecule has 1 aliphatic rings. The number of nitrogens with zero attached hydrogens (tertiary/aromatic N) is 1. The quantitative estimate of drug-likeness (QED) is 0.297. The van der Waals surface area contributed by atoms with Gasteiger partial charge in [0.2, 0.25) is 0 Å². The highest BCUT2D eigenvalue weighted by Gasteiger charge is 2.13. The highest BCUT2D eigenvalue weighted by Crippen LogP contribution is 2.29. The molecule has 0 spiro atoms. The van der Waals surface area contributed by atoms with Crippen LogP contribution in [0.3, 0.4) is 0 Å². The van der Waals surface area contributed by atoms with Crippen molar-refractivity contribution in [2.45, 2.75) is 96.8 Å². The van der Waals surface area contributed by atoms with E-state index in [1.807, 2.05) is 12.1 Å². The van der Waals surface area contributed by atoms with Crippen molar-refractivity contribution in [2.24, 2.45) is 5.92 Å². The number of benzene rings is 2. The zero-order valence-electron chi connectivity index (χ0n) is 20.1. The molecule has 0 radical (unpaired) electrons. The normalized spacial score (nSPS) is 14.2. The van der Waals surface area contributed by atoms with E-state index in [9.17, 15) is 5.26 Å². The highest BCUT2D eigenvalue weighted by atomic mass is 16.5. The van der Waals surface area contributed by atoms with Crippen LogP contribution in [0.2, 0.25) is 0 Å². The molecule has 0 N–H and O–H groups in total. The van der Waals surface area contributed by atoms with Gasteiger partial charge in [0, 0.05) is 0 Å². The standard InChI is InChI=1S/C30H41NO/c1-2-3-4-5-6-7-11-22-32-30-21-20-28(23-29(30)24-31)27-18-16-26(17-19-27)15-14-25-12-9-8-10-13-25/h16-21,23,25H,2-15,22H2,1H3. The number of hydrogen-bond donors (Lipinski definition) is 0. The molecule has 0 aromatic heterocycles. The first-order valence-corrected chi connectivity index (χ1v) is 13.1. The number of aryl methyl sites for hydroxylation is 1. The molecule has 172 valence electrons. The molecule has 0 amide bonds. The lowest BCUT2D eigenvalue weighted by Crippen LogP contribution is -2.07. The van der Waals surface area contributed by atoms with Crippen LogP contribution in [-0.4, -0.2) is 6.61 Å². The van der Waals surface area contributed by atoms with Gasteiger partial charge in [0.15, 0.2) is 0 Å². The molecule has 0 bridgehead atoms. The van der Waals surface area contributed by atoms with Crippen molar-refractivity contribution in [3.05, 3.63) is 53.6 Å². The van der Waals surface area contributed by atoms with Crippen LogP contribution >= 0.6 is 0 Å². The van der Waals surface area contributed by atoms with Gasteiger partial charge in [-0.1, -0.05) is 108 Å². The molecule has 0 unspecified atom stereocenters. The minimum absolute atomic E-state index is 0.631. The molecule has 0 saturated heterocycles. The Morgan fingerprint density at radius 2 is 1.53 bits per heavy atom. The summed E-state index contributed by atoms with van der Waals surface area (Å²) in [5.41, 5.74) is 4.31. The summed E-state index contributed by atoms with van der Waals surface area (Å²) in [4.78, 5) is 0. The summed E-state index contributed by atoms with van der Waals surface area (Å²) >= 11 is 0. The van der Waals surface area contributed by atoms with Crippen molar-refractivity contribution in [2.75, 3.05) is 6.61 Å². The smallest absolute Gasteiger partial charge is 0.137 e. The minimum atomic E-state index is 0.631. The zero-order chi connectivity index (χ0) is 22.4. The van der Waals surface area contributed by atoms with Crippen LogP contribution in [0.1, 0.15) is 102 Å². The molecule has 1 aliphatic carbocycles. The largest absolute Gasteiger partial charge is 0.492 e. The van der Waals surface area contributed by atoms with Gasteiger partial charge < -0.3 is 4.74 Å². The lowest BCUT2D eigenvalue weighted by molar-refractivity contribution is 0.303. The average molecular weight is 432 g/mol. The minimum Gasteiger partial charge on any atom is -0.492 e. The van der Waals surface area contributed by atoms with E-state index in [1.54, 1.807) is 0 Å². The van der Waals surface area contributed by atoms with Crippen LogP contribution in [-0.2, 0) is 6.42 Å². The summed E-state index contributed by atoms with van der Waals surface area (Å²) in [6.45, 7) is 2.94. The van der Waals surface area contributed by atoms with E-state index in [1.165, 1.54) is 94.6 Å². The van der Waals surface area contributed by atoms with Crippen molar-refractivity contribution in [1.82, 2.24) is 0 Å². The van der Waals surface area contributed by atoms with Crippen LogP contribution in [0.5, 0.6) is 5.75 Å². The Hall–Kier alpha value is -2.27. The summed E-state index contributed by atoms with van der Waals surface area (Å²) in [7, 11) is 0. The second-order valence-electron chi connectivity index (χ2n) is 9.53. The average Bonchev–Trinajstić information content (AvgIpc) is 2.85. The molecule has 1 fully saturated rings. The molecule has 2 heteroatoms. The van der Waals surface area contributed by atoms with Crippen LogP contribution in [0.15, 0.2) is 42.5 Å². The Kier molecular flexibility index (Phi) is 10.7. The number of unbranched alkanes of at least 4 members (excludes halogenated alkanes) is 6. The molecule has 2 nitrogen and oxygen atoms in total. The monoisotopic (exact) mass is 431 g/mol. The van der Waals surface area contributed by atoms with Gasteiger partial charge in [0.05, 0.1) is 12.2 Å². The van der Waals surface area contributed by atoms with E-state index in [0.29, 0.717) is 17.9 Å². The van der Waals surface area contributed by atoms with Gasteiger partial charge in [0.1, 0.15) is 11.8 Å². The first kappa shape index (κ1) is 24.4. The summed E-state index contributed by atoms with van der Waals surface area (Å²) in [5.74, 6) is 1.64. The molecule has 0 atom stereocenters. The Bertz CT molecular complexity index is 827. The third kappa shape index (κ3) is 8.01. The molecule has 32 heavy (non-hydrogen) atoms. The van der Waals surface area contributed by atoms with Gasteiger partial charge >= 0.3 is 0 Å². The van der Waals surface area contributed by atoms with Gasteiger partial charge in [-0.2, -0.15) is 5.26 Å². The summed E-state index contributed by atoms with van der Waals surface area (Å²) in [5, 5.41) is 9.62. The number of nitriles is 1. The zero-order valence-corrected chi connectivity index (χ0v) is 20.1. The number of ether oxygens (including phenoxy) is 1. The Morgan fingerprint density at radius 1 is 0.844 bits per heavy atom. The molecule has 0 aliphatic heterocycles. The van der Waals surface area contributed by atoms with E-state index in [2.05, 4.69) is 43.3 Å². The first-order valence-electron chi connectivity index (χ1n) is 13.1. The lowest BCUT2D eigenvalue weighted by atomic mass is 9.85. The molecule has 0 heterocycles. The number of hydrogen-bond acceptors (Lipinski definition) is 2. The topological polar surface area (TPSA) is 33.0 Å². The van der Waals surface area contributed by atoms with Gasteiger partial charge in [0.25, 0.3) is 0 Å². The van der Waals surface area contributed by atoms with Crippen molar-refractivity contribution in [3.63, 3.8) is 0 Å². The van der Waals surface area contributed by atoms with E-state index >= 15 is 0 Å². The van der Waals surface area contributed by atoms with Crippen LogP contribution < -0.4 is 4.74 Å². The molecule has 2 aromatic rings. The van der Waals surface area contributed by atoms with E-state index in [-0.39, 0.29) is 0 Å². The maximum atomic E-state index is 9.62. The van der Waals surface area contributed by atoms with Gasteiger partial charge in [-0.25, -0.2) is 0 Å². The lowest BCUT2D eigenvalue weighted by Gasteiger charge is -2.21. The fraction of sp³-hybridized carbons (Fsp3) is 0.567. The SMILES string of the molecule is CCCCCCCCCOc1ccc(-c2ccc(CCC3CCCCC3)cc2)cc1C#N. The van der Waals surface area contributed by atoms with Gasteiger partial charge in [-0.05, 0) is 54.0 Å². The molecule has 1 saturated carbocycles. The fourth-order valence-corrected chi connectivity index (χ4v) is 4.87. The first-order chi connectivity index (χ1) is 15.8. The maximum Gasteiger partial charge on any atom is 0.137 e. The maximum absolute atomic E-state index is 9.62. The fourth-order valence-electron chi connectivity index (χ4n) is 4.87. The van der Waals surface area contributed by atoms with Crippen LogP contribution in [0.25, 0.3) is 11.1 Å². The Balaban J connectivity index is 1.47. The van der Waals surface area contributed by atoms with E-state index < -0.39 is 0 Å². The van der Waals surface area contributed by atoms with Crippen molar-refractivity contribution in [1.29, 1.82) is 5.26 Å². The molecule has 2 aromatic carbocycles. The predicted molar refractivity (Wildman–Crippen MR) is 135 cm³/mol.